The Morgan fingerprint density at radius 2 is 1.83 bits per heavy atom. The molecule has 1 N–H and O–H groups in total. The molecular weight excluding hydrogens is 302 g/mol. The largest absolute Gasteiger partial charge is 0.393 e. The van der Waals surface area contributed by atoms with Crippen molar-refractivity contribution in [2.75, 3.05) is 13.1 Å². The number of aliphatic hydroxyl groups excluding tert-OH is 1. The molecule has 132 valence electrons. The molecule has 0 aliphatic carbocycles. The van der Waals surface area contributed by atoms with Gasteiger partial charge in [0, 0.05) is 37.4 Å². The number of rotatable bonds is 7. The van der Waals surface area contributed by atoms with Gasteiger partial charge in [0.25, 0.3) is 0 Å². The zero-order chi connectivity index (χ0) is 17.7. The molecule has 2 rings (SSSR count). The second kappa shape index (κ2) is 8.43. The summed E-state index contributed by atoms with van der Waals surface area (Å²) >= 11 is 0. The molecule has 1 aliphatic rings. The lowest BCUT2D eigenvalue weighted by Gasteiger charge is -2.17. The van der Waals surface area contributed by atoms with E-state index in [4.69, 9.17) is 0 Å². The minimum absolute atomic E-state index is 0.0166. The molecule has 2 unspecified atom stereocenters. The van der Waals surface area contributed by atoms with Crippen LogP contribution in [0.25, 0.3) is 0 Å². The predicted octanol–water partition coefficient (Wildman–Crippen LogP) is 3.08. The summed E-state index contributed by atoms with van der Waals surface area (Å²) in [5, 5.41) is 9.60. The van der Waals surface area contributed by atoms with Crippen molar-refractivity contribution in [3.63, 3.8) is 0 Å². The molecule has 1 aliphatic heterocycles. The van der Waals surface area contributed by atoms with E-state index in [0.29, 0.717) is 24.6 Å². The van der Waals surface area contributed by atoms with E-state index in [1.165, 1.54) is 5.56 Å². The van der Waals surface area contributed by atoms with E-state index in [2.05, 4.69) is 13.8 Å². The van der Waals surface area contributed by atoms with Gasteiger partial charge in [0.2, 0.25) is 5.91 Å². The predicted molar refractivity (Wildman–Crippen MR) is 94.9 cm³/mol. The van der Waals surface area contributed by atoms with Crippen molar-refractivity contribution in [3.05, 3.63) is 35.4 Å². The first-order valence-electron chi connectivity index (χ1n) is 8.94. The highest BCUT2D eigenvalue weighted by atomic mass is 16.3. The summed E-state index contributed by atoms with van der Waals surface area (Å²) < 4.78 is 0. The fourth-order valence-corrected chi connectivity index (χ4v) is 3.23. The fourth-order valence-electron chi connectivity index (χ4n) is 3.23. The van der Waals surface area contributed by atoms with Gasteiger partial charge in [0.1, 0.15) is 0 Å². The standard InChI is InChI=1S/C20H29NO3/c1-14(2)12-16-4-6-17(7-5-16)19(23)8-9-20(24)21-11-10-18(13-21)15(3)22/h4-7,14-15,18,22H,8-13H2,1-3H3. The zero-order valence-corrected chi connectivity index (χ0v) is 15.0. The first-order valence-corrected chi connectivity index (χ1v) is 8.94. The Morgan fingerprint density at radius 3 is 2.38 bits per heavy atom. The quantitative estimate of drug-likeness (QED) is 0.781. The average Bonchev–Trinajstić information content (AvgIpc) is 3.02. The van der Waals surface area contributed by atoms with Gasteiger partial charge in [-0.2, -0.15) is 0 Å². The lowest BCUT2D eigenvalue weighted by Crippen LogP contribution is -2.30. The van der Waals surface area contributed by atoms with Crippen LogP contribution in [0.5, 0.6) is 0 Å². The third-order valence-electron chi connectivity index (χ3n) is 4.75. The summed E-state index contributed by atoms with van der Waals surface area (Å²) in [4.78, 5) is 26.3. The molecule has 2 atom stereocenters. The van der Waals surface area contributed by atoms with Gasteiger partial charge in [-0.15, -0.1) is 0 Å². The zero-order valence-electron chi connectivity index (χ0n) is 15.0. The molecule has 1 aromatic carbocycles. The van der Waals surface area contributed by atoms with Gasteiger partial charge in [0.05, 0.1) is 6.10 Å². The molecule has 0 aromatic heterocycles. The van der Waals surface area contributed by atoms with Gasteiger partial charge in [-0.3, -0.25) is 9.59 Å². The maximum atomic E-state index is 12.3. The highest BCUT2D eigenvalue weighted by Crippen LogP contribution is 2.21. The van der Waals surface area contributed by atoms with E-state index in [0.717, 1.165) is 12.8 Å². The van der Waals surface area contributed by atoms with Crippen molar-refractivity contribution >= 4 is 11.7 Å². The maximum absolute atomic E-state index is 12.3. The van der Waals surface area contributed by atoms with Crippen molar-refractivity contribution in [1.82, 2.24) is 4.90 Å². The van der Waals surface area contributed by atoms with Crippen LogP contribution in [0.2, 0.25) is 0 Å². The molecule has 0 radical (unpaired) electrons. The average molecular weight is 331 g/mol. The van der Waals surface area contributed by atoms with Crippen molar-refractivity contribution in [2.45, 2.75) is 52.6 Å². The number of benzene rings is 1. The van der Waals surface area contributed by atoms with Gasteiger partial charge in [0.15, 0.2) is 5.78 Å². The van der Waals surface area contributed by atoms with Crippen LogP contribution in [0.15, 0.2) is 24.3 Å². The van der Waals surface area contributed by atoms with Crippen molar-refractivity contribution in [1.29, 1.82) is 0 Å². The minimum atomic E-state index is -0.381. The number of amides is 1. The molecule has 1 fully saturated rings. The Balaban J connectivity index is 1.81. The van der Waals surface area contributed by atoms with Crippen LogP contribution < -0.4 is 0 Å². The number of likely N-dealkylation sites (tertiary alicyclic amines) is 1. The lowest BCUT2D eigenvalue weighted by molar-refractivity contribution is -0.130. The summed E-state index contributed by atoms with van der Waals surface area (Å²) in [7, 11) is 0. The highest BCUT2D eigenvalue weighted by Gasteiger charge is 2.28. The number of hydrogen-bond acceptors (Lipinski definition) is 3. The van der Waals surface area contributed by atoms with Gasteiger partial charge in [-0.25, -0.2) is 0 Å². The molecule has 1 heterocycles. The third-order valence-corrected chi connectivity index (χ3v) is 4.75. The molecule has 1 amide bonds. The molecule has 1 aromatic rings. The van der Waals surface area contributed by atoms with Crippen LogP contribution in [-0.4, -0.2) is 40.9 Å². The first kappa shape index (κ1) is 18.7. The second-order valence-corrected chi connectivity index (χ2v) is 7.35. The number of aliphatic hydroxyl groups is 1. The summed E-state index contributed by atoms with van der Waals surface area (Å²) in [5.74, 6) is 0.793. The monoisotopic (exact) mass is 331 g/mol. The molecule has 1 saturated heterocycles. The number of nitrogens with zero attached hydrogens (tertiary/aromatic N) is 1. The Labute approximate surface area is 144 Å². The van der Waals surface area contributed by atoms with E-state index in [9.17, 15) is 14.7 Å². The minimum Gasteiger partial charge on any atom is -0.393 e. The Kier molecular flexibility index (Phi) is 6.55. The third kappa shape index (κ3) is 5.17. The van der Waals surface area contributed by atoms with E-state index in [-0.39, 0.29) is 36.6 Å². The van der Waals surface area contributed by atoms with Gasteiger partial charge < -0.3 is 10.0 Å². The molecule has 0 saturated carbocycles. The van der Waals surface area contributed by atoms with Crippen LogP contribution in [0.3, 0.4) is 0 Å². The fraction of sp³-hybridized carbons (Fsp3) is 0.600. The van der Waals surface area contributed by atoms with Gasteiger partial charge in [-0.1, -0.05) is 38.1 Å². The van der Waals surface area contributed by atoms with Gasteiger partial charge in [-0.05, 0) is 31.2 Å². The molecule has 24 heavy (non-hydrogen) atoms. The van der Waals surface area contributed by atoms with Gasteiger partial charge >= 0.3 is 0 Å². The van der Waals surface area contributed by atoms with E-state index in [1.807, 2.05) is 24.3 Å². The van der Waals surface area contributed by atoms with Crippen LogP contribution in [0, 0.1) is 11.8 Å². The summed E-state index contributed by atoms with van der Waals surface area (Å²) in [6, 6.07) is 7.74. The number of hydrogen-bond donors (Lipinski definition) is 1. The van der Waals surface area contributed by atoms with Crippen LogP contribution in [-0.2, 0) is 11.2 Å². The Hall–Kier alpha value is -1.68. The molecule has 4 nitrogen and oxygen atoms in total. The highest BCUT2D eigenvalue weighted by molar-refractivity contribution is 5.98. The van der Waals surface area contributed by atoms with Crippen molar-refractivity contribution in [3.8, 4) is 0 Å². The number of Topliss-reactive ketones (excluding diaryl/α,β-unsaturated/α-hetero) is 1. The van der Waals surface area contributed by atoms with E-state index < -0.39 is 0 Å². The van der Waals surface area contributed by atoms with E-state index >= 15 is 0 Å². The van der Waals surface area contributed by atoms with Crippen molar-refractivity contribution in [2.24, 2.45) is 11.8 Å². The molecular formula is C20H29NO3. The summed E-state index contributed by atoms with van der Waals surface area (Å²) in [6.07, 6.45) is 1.96. The summed E-state index contributed by atoms with van der Waals surface area (Å²) in [5.41, 5.74) is 1.91. The van der Waals surface area contributed by atoms with Crippen LogP contribution in [0.1, 0.15) is 56.0 Å². The second-order valence-electron chi connectivity index (χ2n) is 7.35. The number of ketones is 1. The number of carbonyl (C=O) groups is 2. The normalized spacial score (nSPS) is 18.9. The van der Waals surface area contributed by atoms with Crippen LogP contribution >= 0.6 is 0 Å². The lowest BCUT2D eigenvalue weighted by atomic mass is 9.99. The first-order chi connectivity index (χ1) is 11.4. The van der Waals surface area contributed by atoms with E-state index in [1.54, 1.807) is 11.8 Å². The maximum Gasteiger partial charge on any atom is 0.223 e. The molecule has 0 bridgehead atoms. The number of carbonyl (C=O) groups excluding carboxylic acids is 2. The smallest absolute Gasteiger partial charge is 0.223 e. The Bertz CT molecular complexity index is 563. The SMILES string of the molecule is CC(C)Cc1ccc(C(=O)CCC(=O)N2CCC(C(C)O)C2)cc1. The molecule has 4 heteroatoms. The topological polar surface area (TPSA) is 57.6 Å². The summed E-state index contributed by atoms with van der Waals surface area (Å²) in [6.45, 7) is 7.41. The van der Waals surface area contributed by atoms with Crippen LogP contribution in [0.4, 0.5) is 0 Å². The molecule has 0 spiro atoms. The Morgan fingerprint density at radius 1 is 1.17 bits per heavy atom. The van der Waals surface area contributed by atoms with Crippen molar-refractivity contribution < 1.29 is 14.7 Å².